The van der Waals surface area contributed by atoms with Gasteiger partial charge in [0.25, 0.3) is 5.91 Å². The van der Waals surface area contributed by atoms with Crippen molar-refractivity contribution in [3.63, 3.8) is 0 Å². The van der Waals surface area contributed by atoms with Crippen LogP contribution in [0.15, 0.2) is 52.4 Å². The predicted octanol–water partition coefficient (Wildman–Crippen LogP) is 4.43. The highest BCUT2D eigenvalue weighted by Gasteiger charge is 2.41. The Hall–Kier alpha value is -2.93. The van der Waals surface area contributed by atoms with Gasteiger partial charge in [0.1, 0.15) is 11.9 Å². The second-order valence-electron chi connectivity index (χ2n) is 7.50. The maximum Gasteiger partial charge on any atom is 0.270 e. The highest BCUT2D eigenvalue weighted by atomic mass is 32.2. The molecule has 7 heteroatoms. The van der Waals surface area contributed by atoms with E-state index >= 15 is 0 Å². The number of amidine groups is 2. The third-order valence-corrected chi connectivity index (χ3v) is 6.25. The van der Waals surface area contributed by atoms with E-state index in [-0.39, 0.29) is 23.6 Å². The Morgan fingerprint density at radius 2 is 1.93 bits per heavy atom. The van der Waals surface area contributed by atoms with Gasteiger partial charge in [-0.05, 0) is 55.7 Å². The zero-order chi connectivity index (χ0) is 21.3. The van der Waals surface area contributed by atoms with Crippen LogP contribution in [0.3, 0.4) is 0 Å². The number of hydrogen-bond acceptors (Lipinski definition) is 5. The van der Waals surface area contributed by atoms with Gasteiger partial charge in [-0.1, -0.05) is 43.3 Å². The molecular weight excluding hydrogens is 396 g/mol. The average molecular weight is 421 g/mol. The van der Waals surface area contributed by atoms with Crippen molar-refractivity contribution in [1.82, 2.24) is 4.90 Å². The lowest BCUT2D eigenvalue weighted by Gasteiger charge is -2.30. The highest BCUT2D eigenvalue weighted by molar-refractivity contribution is 8.14. The molecule has 4 rings (SSSR count). The molecule has 0 radical (unpaired) electrons. The smallest absolute Gasteiger partial charge is 0.270 e. The van der Waals surface area contributed by atoms with Gasteiger partial charge in [-0.2, -0.15) is 4.99 Å². The number of fused-ring (bicyclic) bond motifs is 3. The molecule has 2 aliphatic heterocycles. The van der Waals surface area contributed by atoms with E-state index in [1.54, 1.807) is 0 Å². The molecule has 2 aliphatic rings. The second kappa shape index (κ2) is 8.44. The van der Waals surface area contributed by atoms with Crippen molar-refractivity contribution in [2.75, 3.05) is 11.1 Å². The van der Waals surface area contributed by atoms with E-state index in [0.717, 1.165) is 28.9 Å². The zero-order valence-electron chi connectivity index (χ0n) is 17.3. The minimum absolute atomic E-state index is 0.110. The molecule has 2 amide bonds. The van der Waals surface area contributed by atoms with Gasteiger partial charge in [-0.25, -0.2) is 4.99 Å². The van der Waals surface area contributed by atoms with Crippen LogP contribution in [-0.2, 0) is 9.59 Å². The SMILES string of the molecule is CCCC1C(=O)N=C2c3ccccc3N=C(SCC(=O)Nc3ccc(C)c(C)c3)N21. The zero-order valence-corrected chi connectivity index (χ0v) is 18.1. The van der Waals surface area contributed by atoms with Crippen molar-refractivity contribution in [1.29, 1.82) is 0 Å². The Bertz CT molecular complexity index is 1080. The summed E-state index contributed by atoms with van der Waals surface area (Å²) in [7, 11) is 0. The second-order valence-corrected chi connectivity index (χ2v) is 8.44. The Balaban J connectivity index is 1.54. The molecule has 0 spiro atoms. The van der Waals surface area contributed by atoms with Crippen molar-refractivity contribution < 1.29 is 9.59 Å². The quantitative estimate of drug-likeness (QED) is 0.776. The third-order valence-electron chi connectivity index (χ3n) is 5.29. The van der Waals surface area contributed by atoms with E-state index in [9.17, 15) is 9.59 Å². The van der Waals surface area contributed by atoms with Gasteiger partial charge in [0, 0.05) is 11.3 Å². The van der Waals surface area contributed by atoms with E-state index in [2.05, 4.69) is 10.3 Å². The number of carbonyl (C=O) groups excluding carboxylic acids is 2. The van der Waals surface area contributed by atoms with Crippen LogP contribution in [0.2, 0.25) is 0 Å². The minimum atomic E-state index is -0.354. The number of anilines is 1. The maximum absolute atomic E-state index is 12.6. The van der Waals surface area contributed by atoms with Gasteiger partial charge in [-0.15, -0.1) is 0 Å². The van der Waals surface area contributed by atoms with Crippen LogP contribution in [0.4, 0.5) is 11.4 Å². The number of benzene rings is 2. The molecule has 2 aromatic carbocycles. The summed E-state index contributed by atoms with van der Waals surface area (Å²) in [5.41, 5.74) is 4.72. The molecule has 1 N–H and O–H groups in total. The van der Waals surface area contributed by atoms with Gasteiger partial charge in [0.05, 0.1) is 11.4 Å². The first-order valence-electron chi connectivity index (χ1n) is 10.1. The van der Waals surface area contributed by atoms with E-state index < -0.39 is 0 Å². The summed E-state index contributed by atoms with van der Waals surface area (Å²) < 4.78 is 0. The summed E-state index contributed by atoms with van der Waals surface area (Å²) in [6, 6.07) is 13.2. The van der Waals surface area contributed by atoms with Gasteiger partial charge >= 0.3 is 0 Å². The largest absolute Gasteiger partial charge is 0.325 e. The van der Waals surface area contributed by atoms with Gasteiger partial charge in [-0.3, -0.25) is 14.5 Å². The van der Waals surface area contributed by atoms with Gasteiger partial charge < -0.3 is 5.32 Å². The molecule has 0 saturated heterocycles. The normalized spacial score (nSPS) is 17.2. The molecule has 0 fully saturated rings. The molecule has 154 valence electrons. The molecule has 0 aromatic heterocycles. The molecule has 0 bridgehead atoms. The lowest BCUT2D eigenvalue weighted by molar-refractivity contribution is -0.119. The van der Waals surface area contributed by atoms with Crippen LogP contribution >= 0.6 is 11.8 Å². The molecular formula is C23H24N4O2S. The molecule has 2 heterocycles. The van der Waals surface area contributed by atoms with Gasteiger partial charge in [0.2, 0.25) is 5.91 Å². The summed E-state index contributed by atoms with van der Waals surface area (Å²) >= 11 is 1.33. The van der Waals surface area contributed by atoms with Crippen LogP contribution in [0.25, 0.3) is 0 Å². The Morgan fingerprint density at radius 3 is 2.70 bits per heavy atom. The molecule has 30 heavy (non-hydrogen) atoms. The first-order chi connectivity index (χ1) is 14.5. The van der Waals surface area contributed by atoms with Crippen molar-refractivity contribution >= 4 is 46.0 Å². The fourth-order valence-corrected chi connectivity index (χ4v) is 4.44. The summed E-state index contributed by atoms with van der Waals surface area (Å²) in [5, 5.41) is 3.59. The molecule has 1 unspecified atom stereocenters. The fraction of sp³-hybridized carbons (Fsp3) is 0.304. The Labute approximate surface area is 180 Å². The molecule has 1 atom stereocenters. The number of thioether (sulfide) groups is 1. The van der Waals surface area contributed by atoms with Crippen LogP contribution in [0, 0.1) is 13.8 Å². The van der Waals surface area contributed by atoms with Crippen LogP contribution in [0.5, 0.6) is 0 Å². The highest BCUT2D eigenvalue weighted by Crippen LogP contribution is 2.35. The summed E-state index contributed by atoms with van der Waals surface area (Å²) in [5.74, 6) is 0.587. The van der Waals surface area contributed by atoms with Crippen molar-refractivity contribution in [2.45, 2.75) is 39.7 Å². The third kappa shape index (κ3) is 3.89. The standard InChI is InChI=1S/C23H24N4O2S/c1-4-7-19-22(29)26-21-17-8-5-6-9-18(17)25-23(27(19)21)30-13-20(28)24-16-11-10-14(2)15(3)12-16/h5-6,8-12,19H,4,7,13H2,1-3H3,(H,24,28). The molecule has 2 aromatic rings. The number of carbonyl (C=O) groups is 2. The first kappa shape index (κ1) is 20.3. The van der Waals surface area contributed by atoms with E-state index in [1.165, 1.54) is 17.3 Å². The van der Waals surface area contributed by atoms with Crippen LogP contribution < -0.4 is 5.32 Å². The lowest BCUT2D eigenvalue weighted by atomic mass is 10.1. The number of nitrogens with one attached hydrogen (secondary N) is 1. The summed E-state index contributed by atoms with van der Waals surface area (Å²) in [6.07, 6.45) is 1.56. The van der Waals surface area contributed by atoms with E-state index in [4.69, 9.17) is 4.99 Å². The number of aryl methyl sites for hydroxylation is 2. The average Bonchev–Trinajstić information content (AvgIpc) is 3.06. The number of nitrogens with zero attached hydrogens (tertiary/aromatic N) is 3. The number of para-hydroxylation sites is 1. The summed E-state index contributed by atoms with van der Waals surface area (Å²) in [6.45, 7) is 6.11. The number of aliphatic imine (C=N–C) groups is 2. The minimum Gasteiger partial charge on any atom is -0.325 e. The number of hydrogen-bond donors (Lipinski definition) is 1. The Kier molecular flexibility index (Phi) is 5.72. The van der Waals surface area contributed by atoms with Crippen molar-refractivity contribution in [2.24, 2.45) is 9.98 Å². The van der Waals surface area contributed by atoms with Crippen LogP contribution in [-0.4, -0.2) is 39.5 Å². The number of rotatable bonds is 5. The lowest BCUT2D eigenvalue weighted by Crippen LogP contribution is -2.43. The predicted molar refractivity (Wildman–Crippen MR) is 123 cm³/mol. The first-order valence-corrected chi connectivity index (χ1v) is 11.1. The fourth-order valence-electron chi connectivity index (χ4n) is 3.60. The number of amides is 2. The summed E-state index contributed by atoms with van der Waals surface area (Å²) in [4.78, 5) is 36.1. The monoisotopic (exact) mass is 420 g/mol. The van der Waals surface area contributed by atoms with E-state index in [0.29, 0.717) is 17.4 Å². The molecule has 0 aliphatic carbocycles. The van der Waals surface area contributed by atoms with Crippen molar-refractivity contribution in [3.8, 4) is 0 Å². The molecule has 0 saturated carbocycles. The van der Waals surface area contributed by atoms with Crippen LogP contribution in [0.1, 0.15) is 36.5 Å². The Morgan fingerprint density at radius 1 is 1.13 bits per heavy atom. The molecule has 6 nitrogen and oxygen atoms in total. The van der Waals surface area contributed by atoms with E-state index in [1.807, 2.05) is 68.1 Å². The topological polar surface area (TPSA) is 74.1 Å². The maximum atomic E-state index is 12.6. The van der Waals surface area contributed by atoms with Gasteiger partial charge in [0.15, 0.2) is 5.17 Å². The van der Waals surface area contributed by atoms with Crippen molar-refractivity contribution in [3.05, 3.63) is 59.2 Å².